The molecule has 20 heavy (non-hydrogen) atoms. The summed E-state index contributed by atoms with van der Waals surface area (Å²) < 4.78 is 4.28. The van der Waals surface area contributed by atoms with Crippen molar-refractivity contribution in [2.45, 2.75) is 13.8 Å². The van der Waals surface area contributed by atoms with E-state index in [1.165, 1.54) is 19.1 Å². The normalized spacial score (nSPS) is 8.75. The first-order valence-corrected chi connectivity index (χ1v) is 5.31. The van der Waals surface area contributed by atoms with Crippen molar-refractivity contribution < 1.29 is 34.4 Å². The number of phenols is 1. The molecule has 1 aromatic rings. The maximum atomic E-state index is 11.1. The fraction of sp³-hybridized carbons (Fsp3) is 0.154. The van der Waals surface area contributed by atoms with Crippen molar-refractivity contribution in [2.24, 2.45) is 0 Å². The zero-order valence-electron chi connectivity index (χ0n) is 11.0. The molecular weight excluding hydrogens is 268 g/mol. The molecule has 0 aliphatic carbocycles. The van der Waals surface area contributed by atoms with E-state index in [0.717, 1.165) is 6.92 Å². The molecule has 7 nitrogen and oxygen atoms in total. The van der Waals surface area contributed by atoms with E-state index in [2.05, 4.69) is 16.2 Å². The van der Waals surface area contributed by atoms with Crippen molar-refractivity contribution in [3.63, 3.8) is 0 Å². The van der Waals surface area contributed by atoms with E-state index >= 15 is 0 Å². The quantitative estimate of drug-likeness (QED) is 0.279. The van der Waals surface area contributed by atoms with Gasteiger partial charge in [-0.2, -0.15) is 5.26 Å². The topological polar surface area (TPSA) is 110 Å². The summed E-state index contributed by atoms with van der Waals surface area (Å²) in [5.74, 6) is -2.53. The molecule has 0 amide bonds. The van der Waals surface area contributed by atoms with Gasteiger partial charge in [-0.15, -0.1) is 0 Å². The van der Waals surface area contributed by atoms with Gasteiger partial charge in [0.25, 0.3) is 0 Å². The van der Waals surface area contributed by atoms with E-state index in [9.17, 15) is 19.5 Å². The van der Waals surface area contributed by atoms with Gasteiger partial charge in [0.15, 0.2) is 0 Å². The molecule has 1 aromatic carbocycles. The van der Waals surface area contributed by atoms with Crippen molar-refractivity contribution >= 4 is 17.9 Å². The minimum absolute atomic E-state index is 0.0160. The van der Waals surface area contributed by atoms with Crippen molar-refractivity contribution in [1.82, 2.24) is 0 Å². The molecular formula is C13H14O7. The summed E-state index contributed by atoms with van der Waals surface area (Å²) >= 11 is 0. The summed E-state index contributed by atoms with van der Waals surface area (Å²) in [6.07, 6.45) is 0. The highest BCUT2D eigenvalue weighted by Crippen LogP contribution is 2.16. The molecule has 0 saturated heterocycles. The van der Waals surface area contributed by atoms with Gasteiger partial charge < -0.3 is 9.84 Å². The van der Waals surface area contributed by atoms with Gasteiger partial charge in [-0.25, -0.2) is 9.59 Å². The van der Waals surface area contributed by atoms with Crippen molar-refractivity contribution in [1.29, 1.82) is 0 Å². The fourth-order valence-corrected chi connectivity index (χ4v) is 0.910. The van der Waals surface area contributed by atoms with E-state index in [-0.39, 0.29) is 16.9 Å². The van der Waals surface area contributed by atoms with Crippen LogP contribution in [-0.4, -0.2) is 28.3 Å². The second-order valence-corrected chi connectivity index (χ2v) is 3.56. The lowest BCUT2D eigenvalue weighted by Crippen LogP contribution is -2.09. The third-order valence-corrected chi connectivity index (χ3v) is 1.79. The largest absolute Gasteiger partial charge is 0.507 e. The number of aromatic hydroxyl groups is 1. The van der Waals surface area contributed by atoms with Gasteiger partial charge >= 0.3 is 17.9 Å². The SMILES string of the molecule is C=C(C)C(=O)OO.CC(=O)OC(=O)c1ccccc1O. The van der Waals surface area contributed by atoms with E-state index in [1.54, 1.807) is 12.1 Å². The van der Waals surface area contributed by atoms with Crippen LogP contribution in [0.25, 0.3) is 0 Å². The number of benzene rings is 1. The fourth-order valence-electron chi connectivity index (χ4n) is 0.910. The van der Waals surface area contributed by atoms with Gasteiger partial charge in [0.2, 0.25) is 0 Å². The van der Waals surface area contributed by atoms with Crippen LogP contribution < -0.4 is 0 Å². The molecule has 0 aromatic heterocycles. The number of hydrogen-bond acceptors (Lipinski definition) is 7. The Labute approximate surface area is 115 Å². The van der Waals surface area contributed by atoms with Crippen molar-refractivity contribution in [3.05, 3.63) is 42.0 Å². The molecule has 0 atom stereocenters. The van der Waals surface area contributed by atoms with Crippen LogP contribution in [-0.2, 0) is 19.2 Å². The number of para-hydroxylation sites is 1. The van der Waals surface area contributed by atoms with Crippen LogP contribution >= 0.6 is 0 Å². The Balaban J connectivity index is 0.000000441. The number of rotatable bonds is 2. The number of ether oxygens (including phenoxy) is 1. The molecule has 0 saturated carbocycles. The maximum absolute atomic E-state index is 11.1. The summed E-state index contributed by atoms with van der Waals surface area (Å²) in [4.78, 5) is 34.7. The van der Waals surface area contributed by atoms with Crippen molar-refractivity contribution in [3.8, 4) is 5.75 Å². The number of carbonyl (C=O) groups excluding carboxylic acids is 3. The lowest BCUT2D eigenvalue weighted by Gasteiger charge is -2.01. The monoisotopic (exact) mass is 282 g/mol. The molecule has 0 spiro atoms. The minimum Gasteiger partial charge on any atom is -0.507 e. The summed E-state index contributed by atoms with van der Waals surface area (Å²) in [7, 11) is 0. The van der Waals surface area contributed by atoms with E-state index < -0.39 is 17.9 Å². The highest BCUT2D eigenvalue weighted by molar-refractivity contribution is 5.98. The summed E-state index contributed by atoms with van der Waals surface area (Å²) in [6.45, 7) is 5.76. The van der Waals surface area contributed by atoms with Gasteiger partial charge in [-0.3, -0.25) is 9.68 Å². The molecule has 0 aliphatic rings. The first-order valence-electron chi connectivity index (χ1n) is 5.31. The smallest absolute Gasteiger partial charge is 0.367 e. The average molecular weight is 282 g/mol. The van der Waals surface area contributed by atoms with Crippen LogP contribution in [0.1, 0.15) is 24.2 Å². The van der Waals surface area contributed by atoms with Gasteiger partial charge in [0.05, 0.1) is 0 Å². The molecule has 2 N–H and O–H groups in total. The maximum Gasteiger partial charge on any atom is 0.367 e. The lowest BCUT2D eigenvalue weighted by molar-refractivity contribution is -0.229. The van der Waals surface area contributed by atoms with Gasteiger partial charge in [0.1, 0.15) is 11.3 Å². The standard InChI is InChI=1S/C9H8O4.C4H6O3/c1-6(10)13-9(12)7-4-2-3-5-8(7)11;1-3(2)4(5)7-6/h2-5,11H,1H3;6H,1H2,2H3. The van der Waals surface area contributed by atoms with E-state index in [1.807, 2.05) is 0 Å². The molecule has 0 radical (unpaired) electrons. The Morgan fingerprint density at radius 1 is 1.15 bits per heavy atom. The summed E-state index contributed by atoms with van der Waals surface area (Å²) in [5, 5.41) is 16.8. The lowest BCUT2D eigenvalue weighted by atomic mass is 10.2. The second-order valence-electron chi connectivity index (χ2n) is 3.56. The molecule has 0 heterocycles. The molecule has 0 bridgehead atoms. The third-order valence-electron chi connectivity index (χ3n) is 1.79. The molecule has 108 valence electrons. The summed E-state index contributed by atoms with van der Waals surface area (Å²) in [5.41, 5.74) is 0.167. The Hall–Kier alpha value is -2.67. The van der Waals surface area contributed by atoms with Crippen LogP contribution in [0, 0.1) is 0 Å². The molecule has 7 heteroatoms. The summed E-state index contributed by atoms with van der Waals surface area (Å²) in [6, 6.07) is 5.85. The third kappa shape index (κ3) is 6.31. The van der Waals surface area contributed by atoms with Crippen LogP contribution in [0.3, 0.4) is 0 Å². The van der Waals surface area contributed by atoms with Crippen LogP contribution in [0.2, 0.25) is 0 Å². The van der Waals surface area contributed by atoms with Gasteiger partial charge in [-0.1, -0.05) is 18.7 Å². The first kappa shape index (κ1) is 17.3. The van der Waals surface area contributed by atoms with E-state index in [4.69, 9.17) is 5.26 Å². The van der Waals surface area contributed by atoms with Gasteiger partial charge in [0, 0.05) is 12.5 Å². The Kier molecular flexibility index (Phi) is 7.31. The Bertz CT molecular complexity index is 519. The Morgan fingerprint density at radius 3 is 2.05 bits per heavy atom. The molecule has 1 rings (SSSR count). The molecule has 0 unspecified atom stereocenters. The minimum atomic E-state index is -0.842. The van der Waals surface area contributed by atoms with E-state index in [0.29, 0.717) is 0 Å². The number of carbonyl (C=O) groups is 3. The number of phenolic OH excluding ortho intramolecular Hbond substituents is 1. The zero-order valence-corrected chi connectivity index (χ0v) is 11.0. The highest BCUT2D eigenvalue weighted by atomic mass is 17.1. The average Bonchev–Trinajstić information content (AvgIpc) is 2.38. The van der Waals surface area contributed by atoms with Crippen LogP contribution in [0.5, 0.6) is 5.75 Å². The second kappa shape index (κ2) is 8.44. The van der Waals surface area contributed by atoms with Gasteiger partial charge in [-0.05, 0) is 19.1 Å². The first-order chi connectivity index (χ1) is 9.29. The zero-order chi connectivity index (χ0) is 15.7. The van der Waals surface area contributed by atoms with Crippen LogP contribution in [0.4, 0.5) is 0 Å². The molecule has 0 aliphatic heterocycles. The molecule has 0 fully saturated rings. The van der Waals surface area contributed by atoms with Crippen LogP contribution in [0.15, 0.2) is 36.4 Å². The number of hydrogen-bond donors (Lipinski definition) is 2. The predicted octanol–water partition coefficient (Wildman–Crippen LogP) is 1.67. The number of esters is 2. The predicted molar refractivity (Wildman–Crippen MR) is 67.7 cm³/mol. The van der Waals surface area contributed by atoms with Crippen molar-refractivity contribution in [2.75, 3.05) is 0 Å². The highest BCUT2D eigenvalue weighted by Gasteiger charge is 2.13. The Morgan fingerprint density at radius 2 is 1.70 bits per heavy atom.